The second kappa shape index (κ2) is 58.2. The van der Waals surface area contributed by atoms with Crippen molar-refractivity contribution >= 4 is 0 Å². The molecule has 11 nitrogen and oxygen atoms in total. The van der Waals surface area contributed by atoms with E-state index in [1.54, 1.807) is 0 Å². The van der Waals surface area contributed by atoms with Crippen LogP contribution in [0, 0.1) is 17.8 Å². The van der Waals surface area contributed by atoms with Crippen molar-refractivity contribution in [3.8, 4) is 0 Å². The molecule has 11 heteroatoms. The topological polar surface area (TPSA) is 44.4 Å². The molecule has 4 aliphatic heterocycles. The van der Waals surface area contributed by atoms with Crippen LogP contribution in [0.5, 0.6) is 0 Å². The normalized spacial score (nSPS) is 17.3. The van der Waals surface area contributed by atoms with E-state index >= 15 is 0 Å². The first-order valence-electron chi connectivity index (χ1n) is 28.8. The number of nitrogens with one attached hydrogen (secondary N) is 1. The van der Waals surface area contributed by atoms with Crippen LogP contribution in [0.25, 0.3) is 0 Å². The van der Waals surface area contributed by atoms with Crippen LogP contribution < -0.4 is 5.32 Å². The first-order valence-corrected chi connectivity index (χ1v) is 28.8. The van der Waals surface area contributed by atoms with Crippen molar-refractivity contribution in [1.82, 2.24) is 54.3 Å². The minimum absolute atomic E-state index is 0. The molecule has 0 bridgehead atoms. The van der Waals surface area contributed by atoms with Gasteiger partial charge in [-0.3, -0.25) is 9.80 Å². The molecule has 4 saturated heterocycles. The lowest BCUT2D eigenvalue weighted by Gasteiger charge is -2.43. The van der Waals surface area contributed by atoms with Gasteiger partial charge in [-0.25, -0.2) is 0 Å². The van der Waals surface area contributed by atoms with Crippen molar-refractivity contribution in [2.75, 3.05) is 175 Å². The molecule has 0 amide bonds. The van der Waals surface area contributed by atoms with E-state index in [1.807, 2.05) is 7.05 Å². The lowest BCUT2D eigenvalue weighted by molar-refractivity contribution is 0.0592. The second-order valence-corrected chi connectivity index (χ2v) is 24.3. The first kappa shape index (κ1) is 93.9. The summed E-state index contributed by atoms with van der Waals surface area (Å²) in [7, 11) is 21.4. The molecule has 0 aliphatic carbocycles. The van der Waals surface area contributed by atoms with Gasteiger partial charge in [0.05, 0.1) is 0 Å². The summed E-state index contributed by atoms with van der Waals surface area (Å²) in [5.41, 5.74) is 0. The van der Waals surface area contributed by atoms with Crippen LogP contribution in [-0.2, 0) is 0 Å². The summed E-state index contributed by atoms with van der Waals surface area (Å²) in [4.78, 5) is 24.4. The third-order valence-electron chi connectivity index (χ3n) is 14.3. The maximum Gasteiger partial charge on any atom is 0.0121 e. The van der Waals surface area contributed by atoms with Crippen molar-refractivity contribution in [2.45, 2.75) is 236 Å². The predicted octanol–water partition coefficient (Wildman–Crippen LogP) is 13.2. The van der Waals surface area contributed by atoms with Crippen LogP contribution in [0.3, 0.4) is 0 Å². The van der Waals surface area contributed by atoms with E-state index in [1.165, 1.54) is 136 Å². The van der Waals surface area contributed by atoms with Gasteiger partial charge >= 0.3 is 0 Å². The average Bonchev–Trinajstić information content (AvgIpc) is 3.28. The SMILES string of the molecule is C.C.C.C.C.C.CC(C)CCN(C)C.CC(C)N(C)CCN(C)C.CC(C)N1CCC(N(C)C)CC1.CC(C)N1CCC(N2CCN(C)CC2)CC1.CC(C)N1CCN(C)CC1.CCCC(C)C.CNCCC(C)C. The van der Waals surface area contributed by atoms with E-state index in [0.29, 0.717) is 6.04 Å². The Kier molecular flexibility index (Phi) is 72.9. The minimum atomic E-state index is 0. The summed E-state index contributed by atoms with van der Waals surface area (Å²) in [6, 6.07) is 4.54. The largest absolute Gasteiger partial charge is 0.320 e. The zero-order chi connectivity index (χ0) is 53.6. The van der Waals surface area contributed by atoms with Gasteiger partial charge in [-0.15, -0.1) is 0 Å². The lowest BCUT2D eigenvalue weighted by Crippen LogP contribution is -2.53. The van der Waals surface area contributed by atoms with Gasteiger partial charge in [0.25, 0.3) is 0 Å². The van der Waals surface area contributed by atoms with Crippen LogP contribution in [0.2, 0.25) is 0 Å². The maximum absolute atomic E-state index is 3.10. The molecular weight excluding hydrogens is 923 g/mol. The fourth-order valence-electron chi connectivity index (χ4n) is 8.35. The maximum atomic E-state index is 3.10. The van der Waals surface area contributed by atoms with Crippen molar-refractivity contribution in [3.63, 3.8) is 0 Å². The van der Waals surface area contributed by atoms with Gasteiger partial charge < -0.3 is 44.5 Å². The second-order valence-electron chi connectivity index (χ2n) is 24.3. The lowest BCUT2D eigenvalue weighted by atomic mass is 10.0. The summed E-state index contributed by atoms with van der Waals surface area (Å²) >= 11 is 0. The molecule has 0 radical (unpaired) electrons. The molecule has 0 aromatic rings. The third kappa shape index (κ3) is 58.0. The molecule has 4 heterocycles. The van der Waals surface area contributed by atoms with E-state index in [-0.39, 0.29) is 44.6 Å². The fraction of sp³-hybridized carbons (Fsp3) is 1.00. The quantitative estimate of drug-likeness (QED) is 0.152. The van der Waals surface area contributed by atoms with E-state index in [2.05, 4.69) is 222 Å². The van der Waals surface area contributed by atoms with E-state index < -0.39 is 0 Å². The van der Waals surface area contributed by atoms with E-state index in [4.69, 9.17) is 0 Å². The third-order valence-corrected chi connectivity index (χ3v) is 14.3. The molecule has 0 unspecified atom stereocenters. The van der Waals surface area contributed by atoms with Crippen molar-refractivity contribution in [3.05, 3.63) is 0 Å². The Hall–Kier alpha value is -0.440. The van der Waals surface area contributed by atoms with Gasteiger partial charge in [-0.2, -0.15) is 0 Å². The van der Waals surface area contributed by atoms with E-state index in [0.717, 1.165) is 67.6 Å². The van der Waals surface area contributed by atoms with Gasteiger partial charge in [0.2, 0.25) is 0 Å². The highest BCUT2D eigenvalue weighted by Crippen LogP contribution is 2.19. The number of rotatable bonds is 17. The monoisotopic (exact) mass is 1080 g/mol. The number of hydrogen-bond donors (Lipinski definition) is 1. The molecule has 4 fully saturated rings. The van der Waals surface area contributed by atoms with Crippen molar-refractivity contribution in [2.24, 2.45) is 17.8 Å². The van der Waals surface area contributed by atoms with Crippen LogP contribution in [0.4, 0.5) is 0 Å². The van der Waals surface area contributed by atoms with Crippen LogP contribution in [0.1, 0.15) is 200 Å². The number of hydrogen-bond acceptors (Lipinski definition) is 11. The Bertz CT molecular complexity index is 1010. The predicted molar refractivity (Wildman–Crippen MR) is 354 cm³/mol. The Morgan fingerprint density at radius 2 is 0.773 bits per heavy atom. The summed E-state index contributed by atoms with van der Waals surface area (Å²) in [5, 5.41) is 3.10. The molecule has 0 aromatic heterocycles. The molecule has 0 saturated carbocycles. The van der Waals surface area contributed by atoms with Gasteiger partial charge in [-0.1, -0.05) is 106 Å². The first-order chi connectivity index (χ1) is 32.2. The van der Waals surface area contributed by atoms with Crippen LogP contribution in [-0.4, -0.2) is 260 Å². The molecule has 4 rings (SSSR count). The Morgan fingerprint density at radius 1 is 0.427 bits per heavy atom. The summed E-state index contributed by atoms with van der Waals surface area (Å²) < 4.78 is 0. The molecule has 0 aromatic carbocycles. The van der Waals surface area contributed by atoms with Gasteiger partial charge in [0.15, 0.2) is 0 Å². The minimum Gasteiger partial charge on any atom is -0.320 e. The number of likely N-dealkylation sites (tertiary alicyclic amines) is 2. The Morgan fingerprint density at radius 3 is 1.03 bits per heavy atom. The van der Waals surface area contributed by atoms with Crippen molar-refractivity contribution < 1.29 is 0 Å². The Labute approximate surface area is 481 Å². The molecule has 0 atom stereocenters. The number of nitrogens with zero attached hydrogens (tertiary/aromatic N) is 10. The molecule has 0 spiro atoms. The van der Waals surface area contributed by atoms with Gasteiger partial charge in [0, 0.05) is 102 Å². The molecular formula is C64H157N11. The molecule has 468 valence electrons. The number of piperazine rings is 2. The van der Waals surface area contributed by atoms with Gasteiger partial charge in [-0.05, 0) is 221 Å². The van der Waals surface area contributed by atoms with Crippen LogP contribution >= 0.6 is 0 Å². The fourth-order valence-corrected chi connectivity index (χ4v) is 8.35. The molecule has 4 aliphatic rings. The highest BCUT2D eigenvalue weighted by molar-refractivity contribution is 4.84. The zero-order valence-corrected chi connectivity index (χ0v) is 52.1. The molecule has 1 N–H and O–H groups in total. The zero-order valence-electron chi connectivity index (χ0n) is 52.1. The highest BCUT2D eigenvalue weighted by atomic mass is 15.3. The highest BCUT2D eigenvalue weighted by Gasteiger charge is 2.27. The molecule has 75 heavy (non-hydrogen) atoms. The Balaban J connectivity index is -0.0000000977. The summed E-state index contributed by atoms with van der Waals surface area (Å²) in [6.07, 6.45) is 10.7. The average molecular weight is 1080 g/mol. The standard InChI is InChI=1S/C13H27N3.C10H22N2.C8H18N2.C8H20N2.C7H17N.C6H15N.C6H14.6CH4/c1-12(2)15-6-4-13(5-7-15)16-10-8-14(3)9-11-16;1-9(2)12-7-5-10(6-8-12)11(3)4;1-8(2)10-6-4-9(3)5-7-10;1-8(2)10(5)7-6-9(3)4;1-7(2)5-6-8(3)4;1-6(2)4-5-7-3;1-4-5-6(2)3;;;;;;/h12-13H,4-11H2,1-3H3;9-10H,5-8H2,1-4H3;8H,4-7H2,1-3H3;8H,6-7H2,1-5H3;7H,5-6H2,1-4H3;6-7H,4-5H2,1-3H3;6H,4-5H2,1-3H3;6*1H4. The number of piperidine rings is 2. The van der Waals surface area contributed by atoms with Crippen LogP contribution in [0.15, 0.2) is 0 Å². The number of likely N-dealkylation sites (N-methyl/N-ethyl adjacent to an activating group) is 4. The van der Waals surface area contributed by atoms with Gasteiger partial charge in [0.1, 0.15) is 0 Å². The van der Waals surface area contributed by atoms with Crippen molar-refractivity contribution in [1.29, 1.82) is 0 Å². The smallest absolute Gasteiger partial charge is 0.0121 e. The summed E-state index contributed by atoms with van der Waals surface area (Å²) in [6.45, 7) is 53.7. The summed E-state index contributed by atoms with van der Waals surface area (Å²) in [5.74, 6) is 2.58. The van der Waals surface area contributed by atoms with E-state index in [9.17, 15) is 0 Å².